The molecule has 0 fully saturated rings. The summed E-state index contributed by atoms with van der Waals surface area (Å²) in [6.45, 7) is 2.01. The second-order valence-electron chi connectivity index (χ2n) is 3.11. The predicted octanol–water partition coefficient (Wildman–Crippen LogP) is 1.89. The molecule has 1 atom stereocenters. The quantitative estimate of drug-likeness (QED) is 0.797. The molecule has 3 nitrogen and oxygen atoms in total. The first kappa shape index (κ1) is 10.6. The van der Waals surface area contributed by atoms with Crippen molar-refractivity contribution >= 4 is 0 Å². The molecule has 74 valence electrons. The van der Waals surface area contributed by atoms with Gasteiger partial charge in [-0.25, -0.2) is 9.37 Å². The summed E-state index contributed by atoms with van der Waals surface area (Å²) in [6.07, 6.45) is 3.18. The van der Waals surface area contributed by atoms with Gasteiger partial charge in [-0.2, -0.15) is 5.26 Å². The van der Waals surface area contributed by atoms with Gasteiger partial charge in [0.05, 0.1) is 0 Å². The number of nitrogens with two attached hydrogens (primary N) is 1. The van der Waals surface area contributed by atoms with E-state index in [0.29, 0.717) is 5.56 Å². The highest BCUT2D eigenvalue weighted by Gasteiger charge is 2.09. The van der Waals surface area contributed by atoms with Crippen molar-refractivity contribution < 1.29 is 4.39 Å². The Morgan fingerprint density at radius 2 is 2.43 bits per heavy atom. The monoisotopic (exact) mass is 193 g/mol. The number of aromatic nitrogens is 1. The summed E-state index contributed by atoms with van der Waals surface area (Å²) in [7, 11) is 0. The predicted molar refractivity (Wildman–Crippen MR) is 50.7 cm³/mol. The second kappa shape index (κ2) is 4.68. The molecule has 14 heavy (non-hydrogen) atoms. The highest BCUT2D eigenvalue weighted by Crippen LogP contribution is 2.16. The first-order chi connectivity index (χ1) is 6.69. The van der Waals surface area contributed by atoms with Crippen molar-refractivity contribution in [2.24, 2.45) is 5.73 Å². The van der Waals surface area contributed by atoms with E-state index in [4.69, 9.17) is 11.0 Å². The van der Waals surface area contributed by atoms with Gasteiger partial charge in [0.2, 0.25) is 0 Å². The number of halogens is 1. The van der Waals surface area contributed by atoms with Crippen LogP contribution in [0.3, 0.4) is 0 Å². The van der Waals surface area contributed by atoms with Gasteiger partial charge >= 0.3 is 0 Å². The minimum absolute atomic E-state index is 0.183. The Labute approximate surface area is 82.4 Å². The minimum atomic E-state index is -0.600. The van der Waals surface area contributed by atoms with Crippen LogP contribution in [0.2, 0.25) is 0 Å². The lowest BCUT2D eigenvalue weighted by molar-refractivity contribution is 0.594. The first-order valence-corrected chi connectivity index (χ1v) is 4.50. The second-order valence-corrected chi connectivity index (χ2v) is 3.11. The van der Waals surface area contributed by atoms with Gasteiger partial charge in [-0.05, 0) is 18.1 Å². The number of hydrogen-bond donors (Lipinski definition) is 1. The van der Waals surface area contributed by atoms with E-state index in [0.717, 1.165) is 12.8 Å². The van der Waals surface area contributed by atoms with E-state index < -0.39 is 5.82 Å². The average molecular weight is 193 g/mol. The fourth-order valence-corrected chi connectivity index (χ4v) is 1.22. The number of hydrogen-bond acceptors (Lipinski definition) is 3. The maximum atomic E-state index is 13.1. The molecule has 0 amide bonds. The molecule has 1 aromatic rings. The lowest BCUT2D eigenvalue weighted by Gasteiger charge is -2.09. The summed E-state index contributed by atoms with van der Waals surface area (Å²) >= 11 is 0. The molecule has 0 aliphatic heterocycles. The molecule has 4 heteroatoms. The van der Waals surface area contributed by atoms with Crippen molar-refractivity contribution in [3.63, 3.8) is 0 Å². The smallest absolute Gasteiger partial charge is 0.176 e. The van der Waals surface area contributed by atoms with Crippen molar-refractivity contribution in [1.29, 1.82) is 5.26 Å². The average Bonchev–Trinajstić information content (AvgIpc) is 2.18. The van der Waals surface area contributed by atoms with E-state index >= 15 is 0 Å². The summed E-state index contributed by atoms with van der Waals surface area (Å²) in [5.74, 6) is -0.600. The Morgan fingerprint density at radius 3 is 2.93 bits per heavy atom. The van der Waals surface area contributed by atoms with E-state index in [1.54, 1.807) is 6.07 Å². The first-order valence-electron chi connectivity index (χ1n) is 4.50. The summed E-state index contributed by atoms with van der Waals surface area (Å²) in [4.78, 5) is 3.68. The molecule has 0 unspecified atom stereocenters. The highest BCUT2D eigenvalue weighted by atomic mass is 19.1. The third-order valence-electron chi connectivity index (χ3n) is 2.00. The van der Waals surface area contributed by atoms with Gasteiger partial charge in [0.1, 0.15) is 6.07 Å². The molecule has 0 aliphatic rings. The Balaban J connectivity index is 2.92. The zero-order valence-corrected chi connectivity index (χ0v) is 8.00. The molecule has 2 N–H and O–H groups in total. The van der Waals surface area contributed by atoms with Gasteiger partial charge in [-0.15, -0.1) is 0 Å². The van der Waals surface area contributed by atoms with Crippen LogP contribution in [0.25, 0.3) is 0 Å². The molecule has 0 saturated heterocycles. The summed E-state index contributed by atoms with van der Waals surface area (Å²) in [5.41, 5.74) is 6.24. The van der Waals surface area contributed by atoms with Crippen LogP contribution in [0.5, 0.6) is 0 Å². The topological polar surface area (TPSA) is 62.7 Å². The van der Waals surface area contributed by atoms with Crippen LogP contribution in [0, 0.1) is 17.1 Å². The van der Waals surface area contributed by atoms with Gasteiger partial charge < -0.3 is 5.73 Å². The van der Waals surface area contributed by atoms with Crippen LogP contribution in [0.1, 0.15) is 37.1 Å². The Hall–Kier alpha value is -1.47. The summed E-state index contributed by atoms with van der Waals surface area (Å²) < 4.78 is 13.1. The van der Waals surface area contributed by atoms with Gasteiger partial charge in [-0.1, -0.05) is 13.3 Å². The largest absolute Gasteiger partial charge is 0.324 e. The molecular formula is C10H12FN3. The molecule has 0 aromatic carbocycles. The standard InChI is InChI=1S/C10H12FN3/c1-2-3-9(13)7-4-8(11)10(5-12)14-6-7/h4,6,9H,2-3,13H2,1H3/t9-/m0/s1. The van der Waals surface area contributed by atoms with Gasteiger partial charge in [0, 0.05) is 12.2 Å². The fourth-order valence-electron chi connectivity index (χ4n) is 1.22. The summed E-state index contributed by atoms with van der Waals surface area (Å²) in [6, 6.07) is 2.75. The maximum Gasteiger partial charge on any atom is 0.176 e. The lowest BCUT2D eigenvalue weighted by Crippen LogP contribution is -2.10. The van der Waals surface area contributed by atoms with Crippen LogP contribution in [-0.2, 0) is 0 Å². The fraction of sp³-hybridized carbons (Fsp3) is 0.400. The number of nitrogens with zero attached hydrogens (tertiary/aromatic N) is 2. The molecule has 1 heterocycles. The number of rotatable bonds is 3. The normalized spacial score (nSPS) is 12.1. The zero-order chi connectivity index (χ0) is 10.6. The van der Waals surface area contributed by atoms with E-state index in [1.807, 2.05) is 6.92 Å². The SMILES string of the molecule is CCC[C@H](N)c1cnc(C#N)c(F)c1. The molecule has 0 saturated carbocycles. The van der Waals surface area contributed by atoms with Crippen LogP contribution in [0.4, 0.5) is 4.39 Å². The van der Waals surface area contributed by atoms with Crippen molar-refractivity contribution in [1.82, 2.24) is 4.98 Å². The Kier molecular flexibility index (Phi) is 3.55. The van der Waals surface area contributed by atoms with Crippen LogP contribution >= 0.6 is 0 Å². The third-order valence-corrected chi connectivity index (χ3v) is 2.00. The molecular weight excluding hydrogens is 181 g/mol. The Morgan fingerprint density at radius 1 is 1.71 bits per heavy atom. The zero-order valence-electron chi connectivity index (χ0n) is 8.00. The van der Waals surface area contributed by atoms with E-state index in [-0.39, 0.29) is 11.7 Å². The third kappa shape index (κ3) is 2.27. The number of pyridine rings is 1. The van der Waals surface area contributed by atoms with Crippen LogP contribution in [-0.4, -0.2) is 4.98 Å². The lowest BCUT2D eigenvalue weighted by atomic mass is 10.1. The molecule has 0 aliphatic carbocycles. The number of nitriles is 1. The van der Waals surface area contributed by atoms with Crippen LogP contribution in [0.15, 0.2) is 12.3 Å². The van der Waals surface area contributed by atoms with Crippen molar-refractivity contribution in [3.05, 3.63) is 29.3 Å². The van der Waals surface area contributed by atoms with Gasteiger partial charge in [0.25, 0.3) is 0 Å². The van der Waals surface area contributed by atoms with E-state index in [1.165, 1.54) is 12.3 Å². The minimum Gasteiger partial charge on any atom is -0.324 e. The van der Waals surface area contributed by atoms with Crippen molar-refractivity contribution in [3.8, 4) is 6.07 Å². The molecule has 0 radical (unpaired) electrons. The van der Waals surface area contributed by atoms with E-state index in [2.05, 4.69) is 4.98 Å². The summed E-state index contributed by atoms with van der Waals surface area (Å²) in [5, 5.41) is 8.47. The van der Waals surface area contributed by atoms with Gasteiger partial charge in [0.15, 0.2) is 11.5 Å². The van der Waals surface area contributed by atoms with Crippen molar-refractivity contribution in [2.45, 2.75) is 25.8 Å². The van der Waals surface area contributed by atoms with E-state index in [9.17, 15) is 4.39 Å². The molecule has 0 spiro atoms. The molecule has 0 bridgehead atoms. The van der Waals surface area contributed by atoms with Gasteiger partial charge in [-0.3, -0.25) is 0 Å². The molecule has 1 aromatic heterocycles. The van der Waals surface area contributed by atoms with Crippen molar-refractivity contribution in [2.75, 3.05) is 0 Å². The Bertz CT molecular complexity index is 357. The van der Waals surface area contributed by atoms with Crippen LogP contribution < -0.4 is 5.73 Å². The molecule has 1 rings (SSSR count). The highest BCUT2D eigenvalue weighted by molar-refractivity contribution is 5.26. The maximum absolute atomic E-state index is 13.1.